The summed E-state index contributed by atoms with van der Waals surface area (Å²) in [5.74, 6) is -3.61. The van der Waals surface area contributed by atoms with Crippen molar-refractivity contribution >= 4 is 29.1 Å². The van der Waals surface area contributed by atoms with E-state index < -0.39 is 41.9 Å². The number of carbonyl (C=O) groups excluding carboxylic acids is 3. The molecule has 0 aromatic heterocycles. The van der Waals surface area contributed by atoms with Crippen LogP contribution in [-0.4, -0.2) is 43.4 Å². The van der Waals surface area contributed by atoms with Gasteiger partial charge < -0.3 is 20.9 Å². The van der Waals surface area contributed by atoms with Crippen molar-refractivity contribution in [2.75, 3.05) is 29.9 Å². The maximum atomic E-state index is 13.2. The number of hydrogen-bond donors (Lipinski definition) is 3. The van der Waals surface area contributed by atoms with E-state index in [2.05, 4.69) is 20.9 Å². The number of carbonyl (C=O) groups is 3. The van der Waals surface area contributed by atoms with Crippen LogP contribution in [-0.2, 0) is 9.59 Å². The molecule has 3 N–H and O–H groups in total. The Labute approximate surface area is 178 Å². The molecule has 1 atom stereocenters. The Morgan fingerprint density at radius 2 is 1.71 bits per heavy atom. The van der Waals surface area contributed by atoms with Crippen LogP contribution in [0.15, 0.2) is 42.5 Å². The summed E-state index contributed by atoms with van der Waals surface area (Å²) < 4.78 is 26.4. The summed E-state index contributed by atoms with van der Waals surface area (Å²) in [6, 6.07) is 9.01. The van der Waals surface area contributed by atoms with Crippen LogP contribution >= 0.6 is 0 Å². The second-order valence-corrected chi connectivity index (χ2v) is 7.36. The number of nitrogens with one attached hydrogen (secondary N) is 3. The molecule has 31 heavy (non-hydrogen) atoms. The second-order valence-electron chi connectivity index (χ2n) is 7.36. The zero-order valence-corrected chi connectivity index (χ0v) is 17.1. The Morgan fingerprint density at radius 1 is 1.03 bits per heavy atom. The first-order valence-corrected chi connectivity index (χ1v) is 10.0. The summed E-state index contributed by atoms with van der Waals surface area (Å²) >= 11 is 0. The lowest BCUT2D eigenvalue weighted by Crippen LogP contribution is -2.45. The van der Waals surface area contributed by atoms with Crippen LogP contribution in [0.25, 0.3) is 0 Å². The van der Waals surface area contributed by atoms with Crippen LogP contribution in [0.1, 0.15) is 30.1 Å². The predicted molar refractivity (Wildman–Crippen MR) is 113 cm³/mol. The van der Waals surface area contributed by atoms with Crippen LogP contribution in [0.3, 0.4) is 0 Å². The van der Waals surface area contributed by atoms with Gasteiger partial charge in [0.1, 0.15) is 17.7 Å². The molecule has 1 aliphatic heterocycles. The number of anilines is 2. The fraction of sp³-hybridized carbons (Fsp3) is 0.318. The lowest BCUT2D eigenvalue weighted by Gasteiger charge is -2.19. The first kappa shape index (κ1) is 22.2. The number of benzene rings is 2. The topological polar surface area (TPSA) is 90.5 Å². The van der Waals surface area contributed by atoms with E-state index in [-0.39, 0.29) is 5.56 Å². The van der Waals surface area contributed by atoms with Crippen molar-refractivity contribution in [3.05, 3.63) is 59.7 Å². The normalized spacial score (nSPS) is 14.1. The van der Waals surface area contributed by atoms with E-state index in [4.69, 9.17) is 0 Å². The quantitative estimate of drug-likeness (QED) is 0.629. The van der Waals surface area contributed by atoms with Gasteiger partial charge in [-0.05, 0) is 50.1 Å². The van der Waals surface area contributed by atoms with Crippen LogP contribution in [0, 0.1) is 11.6 Å². The van der Waals surface area contributed by atoms with Crippen molar-refractivity contribution in [2.45, 2.75) is 25.8 Å². The Kier molecular flexibility index (Phi) is 7.17. The first-order chi connectivity index (χ1) is 14.8. The summed E-state index contributed by atoms with van der Waals surface area (Å²) in [5.41, 5.74) is 1.41. The highest BCUT2D eigenvalue weighted by Crippen LogP contribution is 2.23. The molecule has 1 aliphatic rings. The summed E-state index contributed by atoms with van der Waals surface area (Å²) in [7, 11) is 0. The summed E-state index contributed by atoms with van der Waals surface area (Å²) in [4.78, 5) is 38.6. The molecule has 2 aromatic carbocycles. The van der Waals surface area contributed by atoms with E-state index >= 15 is 0 Å². The molecule has 1 saturated heterocycles. The fourth-order valence-electron chi connectivity index (χ4n) is 3.31. The van der Waals surface area contributed by atoms with Gasteiger partial charge in [-0.25, -0.2) is 8.78 Å². The third kappa shape index (κ3) is 6.24. The van der Waals surface area contributed by atoms with Gasteiger partial charge in [-0.15, -0.1) is 0 Å². The molecule has 0 radical (unpaired) electrons. The molecular formula is C22H24F2N4O3. The highest BCUT2D eigenvalue weighted by Gasteiger charge is 2.18. The monoisotopic (exact) mass is 430 g/mol. The summed E-state index contributed by atoms with van der Waals surface area (Å²) in [6.07, 6.45) is 2.29. The minimum Gasteiger partial charge on any atom is -0.371 e. The fourth-order valence-corrected chi connectivity index (χ4v) is 3.31. The molecule has 0 saturated carbocycles. The van der Waals surface area contributed by atoms with E-state index in [0.717, 1.165) is 43.8 Å². The van der Waals surface area contributed by atoms with Gasteiger partial charge in [-0.2, -0.15) is 0 Å². The van der Waals surface area contributed by atoms with Gasteiger partial charge in [0, 0.05) is 36.1 Å². The molecule has 1 heterocycles. The molecule has 7 nitrogen and oxygen atoms in total. The van der Waals surface area contributed by atoms with Crippen LogP contribution in [0.5, 0.6) is 0 Å². The molecule has 164 valence electrons. The average Bonchev–Trinajstić information content (AvgIpc) is 3.26. The van der Waals surface area contributed by atoms with Gasteiger partial charge in [-0.1, -0.05) is 6.07 Å². The number of amides is 3. The standard InChI is InChI=1S/C22H24F2N4O3/c1-14(21(30)27-18-5-4-6-19(12-18)28-7-2-3-8-28)26-20(29)13-25-22(31)15-9-16(23)11-17(24)10-15/h4-6,9-12,14H,2-3,7-8,13H2,1H3,(H,25,31)(H,26,29)(H,27,30). The van der Waals surface area contributed by atoms with Crippen molar-refractivity contribution in [2.24, 2.45) is 0 Å². The van der Waals surface area contributed by atoms with Gasteiger partial charge in [0.25, 0.3) is 5.91 Å². The minimum absolute atomic E-state index is 0.242. The van der Waals surface area contributed by atoms with Gasteiger partial charge >= 0.3 is 0 Å². The second kappa shape index (κ2) is 10.0. The van der Waals surface area contributed by atoms with Crippen LogP contribution < -0.4 is 20.9 Å². The third-order valence-corrected chi connectivity index (χ3v) is 4.89. The molecule has 0 spiro atoms. The average molecular weight is 430 g/mol. The highest BCUT2D eigenvalue weighted by atomic mass is 19.1. The van der Waals surface area contributed by atoms with Crippen molar-refractivity contribution < 1.29 is 23.2 Å². The van der Waals surface area contributed by atoms with Gasteiger partial charge in [0.15, 0.2) is 0 Å². The molecule has 3 rings (SSSR count). The first-order valence-electron chi connectivity index (χ1n) is 10.0. The lowest BCUT2D eigenvalue weighted by molar-refractivity contribution is -0.125. The number of nitrogens with zero attached hydrogens (tertiary/aromatic N) is 1. The zero-order valence-electron chi connectivity index (χ0n) is 17.1. The van der Waals surface area contributed by atoms with Gasteiger partial charge in [0.2, 0.25) is 11.8 Å². The van der Waals surface area contributed by atoms with Crippen LogP contribution in [0.4, 0.5) is 20.2 Å². The number of halogens is 2. The molecule has 0 bridgehead atoms. The molecule has 2 aromatic rings. The third-order valence-electron chi connectivity index (χ3n) is 4.89. The number of hydrogen-bond acceptors (Lipinski definition) is 4. The molecule has 0 aliphatic carbocycles. The largest absolute Gasteiger partial charge is 0.371 e. The highest BCUT2D eigenvalue weighted by molar-refractivity contribution is 5.99. The van der Waals surface area contributed by atoms with E-state index in [1.807, 2.05) is 18.2 Å². The van der Waals surface area contributed by atoms with Crippen LogP contribution in [0.2, 0.25) is 0 Å². The molecule has 1 unspecified atom stereocenters. The SMILES string of the molecule is CC(NC(=O)CNC(=O)c1cc(F)cc(F)c1)C(=O)Nc1cccc(N2CCCC2)c1. The molecule has 1 fully saturated rings. The van der Waals surface area contributed by atoms with Gasteiger partial charge in [-0.3, -0.25) is 14.4 Å². The van der Waals surface area contributed by atoms with E-state index in [0.29, 0.717) is 11.8 Å². The molecular weight excluding hydrogens is 406 g/mol. The van der Waals surface area contributed by atoms with E-state index in [1.54, 1.807) is 6.07 Å². The molecule has 3 amide bonds. The summed E-state index contributed by atoms with van der Waals surface area (Å²) in [6.45, 7) is 3.04. The Morgan fingerprint density at radius 3 is 2.39 bits per heavy atom. The summed E-state index contributed by atoms with van der Waals surface area (Å²) in [5, 5.41) is 7.50. The van der Waals surface area contributed by atoms with Crippen molar-refractivity contribution in [1.82, 2.24) is 10.6 Å². The zero-order chi connectivity index (χ0) is 22.4. The van der Waals surface area contributed by atoms with Crippen molar-refractivity contribution in [3.63, 3.8) is 0 Å². The molecule has 9 heteroatoms. The number of rotatable bonds is 7. The Hall–Kier alpha value is -3.49. The van der Waals surface area contributed by atoms with E-state index in [1.165, 1.54) is 6.92 Å². The van der Waals surface area contributed by atoms with E-state index in [9.17, 15) is 23.2 Å². The van der Waals surface area contributed by atoms with Crippen molar-refractivity contribution in [3.8, 4) is 0 Å². The van der Waals surface area contributed by atoms with Gasteiger partial charge in [0.05, 0.1) is 6.54 Å². The van der Waals surface area contributed by atoms with Crippen molar-refractivity contribution in [1.29, 1.82) is 0 Å². The minimum atomic E-state index is -0.895. The maximum absolute atomic E-state index is 13.2. The lowest BCUT2D eigenvalue weighted by atomic mass is 10.2. The predicted octanol–water partition coefficient (Wildman–Crippen LogP) is 2.44. The maximum Gasteiger partial charge on any atom is 0.251 e. The Balaban J connectivity index is 1.48. The Bertz CT molecular complexity index is 957. The smallest absolute Gasteiger partial charge is 0.251 e.